The molecule has 2 fully saturated rings. The minimum atomic E-state index is -4.84. The molecule has 0 saturated carbocycles. The Balaban J connectivity index is 0.000000244. The van der Waals surface area contributed by atoms with Crippen LogP contribution >= 0.6 is 0 Å². The van der Waals surface area contributed by atoms with E-state index >= 15 is 0 Å². The van der Waals surface area contributed by atoms with E-state index < -0.39 is 72.2 Å². The zero-order valence-corrected chi connectivity index (χ0v) is 26.7. The van der Waals surface area contributed by atoms with Gasteiger partial charge in [-0.2, -0.15) is 0 Å². The molecule has 2 heterocycles. The Morgan fingerprint density at radius 3 is 1.52 bits per heavy atom. The number of carboxylic acids is 1. The van der Waals surface area contributed by atoms with Crippen LogP contribution in [-0.2, 0) is 21.0 Å². The van der Waals surface area contributed by atoms with Crippen molar-refractivity contribution in [3.63, 3.8) is 0 Å². The van der Waals surface area contributed by atoms with E-state index in [2.05, 4.69) is 15.0 Å². The van der Waals surface area contributed by atoms with Crippen LogP contribution in [0.2, 0.25) is 0 Å². The van der Waals surface area contributed by atoms with Crippen LogP contribution in [0.5, 0.6) is 11.5 Å². The molecule has 0 unspecified atom stereocenters. The quantitative estimate of drug-likeness (QED) is 0.187. The molecule has 19 heteroatoms. The van der Waals surface area contributed by atoms with Crippen molar-refractivity contribution in [3.8, 4) is 11.5 Å². The number of likely N-dealkylation sites (tertiary alicyclic amines) is 2. The third-order valence-corrected chi connectivity index (χ3v) is 7.70. The number of halogens is 6. The van der Waals surface area contributed by atoms with E-state index in [1.54, 1.807) is 12.1 Å². The van der Waals surface area contributed by atoms with E-state index in [4.69, 9.17) is 9.94 Å². The van der Waals surface area contributed by atoms with Gasteiger partial charge in [0.15, 0.2) is 6.04 Å². The van der Waals surface area contributed by atoms with Gasteiger partial charge in [-0.25, -0.2) is 10.3 Å². The predicted octanol–water partition coefficient (Wildman–Crippen LogP) is 3.65. The Bertz CT molecular complexity index is 1690. The smallest absolute Gasteiger partial charge is 0.480 e. The summed E-state index contributed by atoms with van der Waals surface area (Å²) in [6, 6.07) is 15.0. The van der Waals surface area contributed by atoms with Crippen LogP contribution in [0.3, 0.4) is 0 Å². The third kappa shape index (κ3) is 10.8. The van der Waals surface area contributed by atoms with Gasteiger partial charge in [0.05, 0.1) is 18.8 Å². The van der Waals surface area contributed by atoms with Crippen molar-refractivity contribution >= 4 is 23.7 Å². The Labute approximate surface area is 290 Å². The lowest BCUT2D eigenvalue weighted by Gasteiger charge is -2.25. The molecule has 5 rings (SSSR count). The van der Waals surface area contributed by atoms with Crippen molar-refractivity contribution in [2.45, 2.75) is 56.5 Å². The summed E-state index contributed by atoms with van der Waals surface area (Å²) in [5.41, 5.74) is 3.12. The van der Waals surface area contributed by atoms with Crippen molar-refractivity contribution < 1.29 is 75.2 Å². The number of carbonyl (C=O) groups excluding carboxylic acids is 3. The van der Waals surface area contributed by atoms with Gasteiger partial charge in [0.2, 0.25) is 0 Å². The molecule has 0 spiro atoms. The molecule has 13 nitrogen and oxygen atoms in total. The van der Waals surface area contributed by atoms with Crippen LogP contribution in [0, 0.1) is 0 Å². The fourth-order valence-corrected chi connectivity index (χ4v) is 5.38. The first kappa shape index (κ1) is 39.4. The van der Waals surface area contributed by atoms with Crippen LogP contribution in [0.25, 0.3) is 0 Å². The number of ether oxygens (including phenoxy) is 2. The normalized spacial score (nSPS) is 20.1. The molecule has 3 amide bonds. The molecule has 0 radical (unpaired) electrons. The Kier molecular flexibility index (Phi) is 12.7. The number of carbonyl (C=O) groups is 4. The van der Waals surface area contributed by atoms with Gasteiger partial charge in [0.1, 0.15) is 17.5 Å². The summed E-state index contributed by atoms with van der Waals surface area (Å²) in [5, 5.41) is 28.8. The van der Waals surface area contributed by atoms with Crippen molar-refractivity contribution in [3.05, 3.63) is 95.6 Å². The maximum Gasteiger partial charge on any atom is 0.573 e. The molecule has 2 aliphatic rings. The molecule has 2 aliphatic heterocycles. The minimum Gasteiger partial charge on any atom is -0.480 e. The zero-order chi connectivity index (χ0) is 38.2. The summed E-state index contributed by atoms with van der Waals surface area (Å²) in [6.07, 6.45) is -11.6. The Morgan fingerprint density at radius 2 is 1.10 bits per heavy atom. The summed E-state index contributed by atoms with van der Waals surface area (Å²) >= 11 is 0. The SMILES string of the molecule is O=C(NOCc1ccccc1)[C@H]1[C@H](O)CCN1C(=O)c1ccc(OC(F)(F)F)cc1.O=C(O)[C@H]1[C@H](O)CCN1C(=O)c1ccc(OC(F)(F)F)cc1. The van der Waals surface area contributed by atoms with Gasteiger partial charge in [-0.1, -0.05) is 30.3 Å². The van der Waals surface area contributed by atoms with Crippen LogP contribution in [0.15, 0.2) is 78.9 Å². The summed E-state index contributed by atoms with van der Waals surface area (Å²) < 4.78 is 80.3. The second kappa shape index (κ2) is 16.7. The van der Waals surface area contributed by atoms with E-state index in [-0.39, 0.29) is 43.7 Å². The lowest BCUT2D eigenvalue weighted by Crippen LogP contribution is -2.50. The first-order valence-corrected chi connectivity index (χ1v) is 15.3. The fourth-order valence-electron chi connectivity index (χ4n) is 5.38. The number of aliphatic hydroxyl groups is 2. The Hall–Kier alpha value is -5.40. The lowest BCUT2D eigenvalue weighted by atomic mass is 10.1. The van der Waals surface area contributed by atoms with Crippen molar-refractivity contribution in [2.75, 3.05) is 13.1 Å². The van der Waals surface area contributed by atoms with Crippen molar-refractivity contribution in [1.29, 1.82) is 0 Å². The summed E-state index contributed by atoms with van der Waals surface area (Å²) in [6.45, 7) is 0.263. The van der Waals surface area contributed by atoms with Crippen molar-refractivity contribution in [1.82, 2.24) is 15.3 Å². The van der Waals surface area contributed by atoms with Gasteiger partial charge in [-0.15, -0.1) is 26.3 Å². The number of aliphatic hydroxyl groups excluding tert-OH is 2. The number of benzene rings is 3. The monoisotopic (exact) mass is 743 g/mol. The molecule has 0 aliphatic carbocycles. The summed E-state index contributed by atoms with van der Waals surface area (Å²) in [4.78, 5) is 55.8. The van der Waals surface area contributed by atoms with Crippen LogP contribution in [0.4, 0.5) is 26.3 Å². The number of amides is 3. The lowest BCUT2D eigenvalue weighted by molar-refractivity contribution is -0.275. The highest BCUT2D eigenvalue weighted by molar-refractivity contribution is 5.98. The van der Waals surface area contributed by atoms with Gasteiger partial charge >= 0.3 is 18.7 Å². The number of alkyl halides is 6. The van der Waals surface area contributed by atoms with Crippen LogP contribution < -0.4 is 15.0 Å². The summed E-state index contributed by atoms with van der Waals surface area (Å²) in [5.74, 6) is -4.27. The summed E-state index contributed by atoms with van der Waals surface area (Å²) in [7, 11) is 0. The highest BCUT2D eigenvalue weighted by Gasteiger charge is 2.43. The molecule has 3 aromatic carbocycles. The Morgan fingerprint density at radius 1 is 0.673 bits per heavy atom. The molecule has 4 atom stereocenters. The largest absolute Gasteiger partial charge is 0.573 e. The topological polar surface area (TPSA) is 175 Å². The standard InChI is InChI=1S/C20H19F3N2O5.C13H12F3NO5/c21-20(22,23)30-15-8-6-14(7-9-15)19(28)25-11-10-16(26)17(25)18(27)24-29-12-13-4-2-1-3-5-13;14-13(15,16)22-8-3-1-7(2-4-8)11(19)17-6-5-9(18)10(17)12(20)21/h1-9,16-17,26H,10-12H2,(H,24,27);1-4,9-10,18H,5-6H2,(H,20,21)/t16-,17-;9-,10-/m11/s1. The van der Waals surface area contributed by atoms with Crippen LogP contribution in [-0.4, -0.2) is 98.9 Å². The average Bonchev–Trinajstić information content (AvgIpc) is 3.66. The molecule has 280 valence electrons. The maximum atomic E-state index is 12.7. The van der Waals surface area contributed by atoms with E-state index in [9.17, 15) is 55.7 Å². The fraction of sp³-hybridized carbons (Fsp3) is 0.333. The number of aliphatic carboxylic acids is 1. The molecule has 4 N–H and O–H groups in total. The number of hydrogen-bond donors (Lipinski definition) is 4. The number of hydrogen-bond acceptors (Lipinski definition) is 9. The van der Waals surface area contributed by atoms with E-state index in [0.29, 0.717) is 0 Å². The minimum absolute atomic E-state index is 0.00914. The predicted molar refractivity (Wildman–Crippen MR) is 164 cm³/mol. The molecular formula is C33H31F6N3O10. The number of nitrogens with one attached hydrogen (secondary N) is 1. The number of hydroxylamine groups is 1. The highest BCUT2D eigenvalue weighted by Crippen LogP contribution is 2.27. The first-order chi connectivity index (χ1) is 24.4. The third-order valence-electron chi connectivity index (χ3n) is 7.70. The number of nitrogens with zero attached hydrogens (tertiary/aromatic N) is 2. The van der Waals surface area contributed by atoms with E-state index in [1.807, 2.05) is 18.2 Å². The van der Waals surface area contributed by atoms with Gasteiger partial charge < -0.3 is 34.6 Å². The van der Waals surface area contributed by atoms with Crippen molar-refractivity contribution in [2.24, 2.45) is 0 Å². The second-order valence-corrected chi connectivity index (χ2v) is 11.3. The number of rotatable bonds is 9. The van der Waals surface area contributed by atoms with Gasteiger partial charge in [-0.3, -0.25) is 19.2 Å². The van der Waals surface area contributed by atoms with Crippen LogP contribution in [0.1, 0.15) is 39.1 Å². The highest BCUT2D eigenvalue weighted by atomic mass is 19.4. The zero-order valence-electron chi connectivity index (χ0n) is 26.7. The van der Waals surface area contributed by atoms with Gasteiger partial charge in [0.25, 0.3) is 17.7 Å². The average molecular weight is 744 g/mol. The first-order valence-electron chi connectivity index (χ1n) is 15.3. The molecule has 0 bridgehead atoms. The molecule has 52 heavy (non-hydrogen) atoms. The van der Waals surface area contributed by atoms with E-state index in [0.717, 1.165) is 63.9 Å². The molecule has 2 saturated heterocycles. The second-order valence-electron chi connectivity index (χ2n) is 11.3. The van der Waals surface area contributed by atoms with Gasteiger partial charge in [0, 0.05) is 24.2 Å². The molecule has 0 aromatic heterocycles. The number of carboxylic acid groups (broad SMARTS) is 1. The maximum absolute atomic E-state index is 12.7. The van der Waals surface area contributed by atoms with E-state index in [1.165, 1.54) is 0 Å². The molecular weight excluding hydrogens is 712 g/mol. The molecule has 3 aromatic rings. The van der Waals surface area contributed by atoms with Gasteiger partial charge in [-0.05, 0) is 66.9 Å².